The lowest BCUT2D eigenvalue weighted by molar-refractivity contribution is -0.384. The number of ether oxygens (including phenoxy) is 2. The predicted octanol–water partition coefficient (Wildman–Crippen LogP) is 2.12. The summed E-state index contributed by atoms with van der Waals surface area (Å²) < 4.78 is 12.0. The van der Waals surface area contributed by atoms with Gasteiger partial charge in [-0.2, -0.15) is 5.10 Å². The van der Waals surface area contributed by atoms with E-state index in [1.54, 1.807) is 11.6 Å². The maximum absolute atomic E-state index is 12.3. The van der Waals surface area contributed by atoms with E-state index < -0.39 is 17.0 Å². The second-order valence-corrected chi connectivity index (χ2v) is 5.85. The minimum Gasteiger partial charge on any atom is -0.462 e. The number of nitrogens with zero attached hydrogens (tertiary/aromatic N) is 4. The minimum absolute atomic E-state index is 0.00266. The average molecular weight is 374 g/mol. The number of hydrogen-bond donors (Lipinski definition) is 0. The summed E-state index contributed by atoms with van der Waals surface area (Å²) in [5.41, 5.74) is 1.56. The monoisotopic (exact) mass is 374 g/mol. The number of nitro groups is 1. The number of esters is 1. The number of rotatable bonds is 5. The Hall–Kier alpha value is -3.43. The summed E-state index contributed by atoms with van der Waals surface area (Å²) in [5.74, 6) is -0.472. The van der Waals surface area contributed by atoms with Crippen LogP contribution in [-0.2, 0) is 29.2 Å². The largest absolute Gasteiger partial charge is 0.462 e. The van der Waals surface area contributed by atoms with Gasteiger partial charge in [0.15, 0.2) is 0 Å². The van der Waals surface area contributed by atoms with Crippen LogP contribution in [-0.4, -0.2) is 44.8 Å². The highest BCUT2D eigenvalue weighted by Gasteiger charge is 2.27. The van der Waals surface area contributed by atoms with Crippen molar-refractivity contribution >= 4 is 17.7 Å². The Balaban J connectivity index is 1.61. The van der Waals surface area contributed by atoms with E-state index in [-0.39, 0.29) is 25.4 Å². The zero-order chi connectivity index (χ0) is 19.4. The van der Waals surface area contributed by atoms with Gasteiger partial charge in [-0.1, -0.05) is 0 Å². The molecule has 0 atom stereocenters. The maximum atomic E-state index is 12.3. The topological polar surface area (TPSA) is 117 Å². The van der Waals surface area contributed by atoms with Crippen molar-refractivity contribution in [1.82, 2.24) is 14.7 Å². The van der Waals surface area contributed by atoms with Crippen LogP contribution in [0.5, 0.6) is 0 Å². The molecule has 0 saturated heterocycles. The van der Waals surface area contributed by atoms with Crippen LogP contribution < -0.4 is 0 Å². The Morgan fingerprint density at radius 3 is 2.63 bits per heavy atom. The number of carbonyl (C=O) groups excluding carboxylic acids is 2. The lowest BCUT2D eigenvalue weighted by Gasteiger charge is -2.27. The summed E-state index contributed by atoms with van der Waals surface area (Å²) in [7, 11) is 0. The molecule has 0 bridgehead atoms. The highest BCUT2D eigenvalue weighted by atomic mass is 16.6. The lowest BCUT2D eigenvalue weighted by Crippen LogP contribution is -2.39. The van der Waals surface area contributed by atoms with Gasteiger partial charge in [-0.3, -0.25) is 14.8 Å². The number of aromatic nitrogens is 2. The molecule has 2 aromatic rings. The highest BCUT2D eigenvalue weighted by molar-refractivity contribution is 5.90. The van der Waals surface area contributed by atoms with Gasteiger partial charge in [-0.25, -0.2) is 9.59 Å². The second-order valence-electron chi connectivity index (χ2n) is 5.85. The van der Waals surface area contributed by atoms with Crippen LogP contribution in [0.15, 0.2) is 30.5 Å². The van der Waals surface area contributed by atoms with Gasteiger partial charge in [0, 0.05) is 18.7 Å². The first-order valence-electron chi connectivity index (χ1n) is 8.36. The van der Waals surface area contributed by atoms with Crippen molar-refractivity contribution < 1.29 is 24.0 Å². The van der Waals surface area contributed by atoms with Crippen molar-refractivity contribution in [3.05, 3.63) is 57.4 Å². The summed E-state index contributed by atoms with van der Waals surface area (Å²) in [4.78, 5) is 36.0. The van der Waals surface area contributed by atoms with E-state index in [9.17, 15) is 19.7 Å². The average Bonchev–Trinajstić information content (AvgIpc) is 3.10. The van der Waals surface area contributed by atoms with Gasteiger partial charge in [-0.15, -0.1) is 0 Å². The first-order chi connectivity index (χ1) is 13.0. The van der Waals surface area contributed by atoms with E-state index in [0.717, 1.165) is 0 Å². The molecule has 3 rings (SSSR count). The van der Waals surface area contributed by atoms with E-state index in [1.807, 2.05) is 0 Å². The fourth-order valence-electron chi connectivity index (χ4n) is 2.73. The van der Waals surface area contributed by atoms with Gasteiger partial charge in [0.1, 0.15) is 12.2 Å². The van der Waals surface area contributed by atoms with E-state index in [4.69, 9.17) is 9.47 Å². The Bertz CT molecular complexity index is 861. The Morgan fingerprint density at radius 2 is 1.96 bits per heavy atom. The summed E-state index contributed by atoms with van der Waals surface area (Å²) in [5, 5.41) is 14.8. The summed E-state index contributed by atoms with van der Waals surface area (Å²) in [6.45, 7) is 3.00. The van der Waals surface area contributed by atoms with Gasteiger partial charge >= 0.3 is 12.1 Å². The van der Waals surface area contributed by atoms with E-state index in [0.29, 0.717) is 29.9 Å². The third-order valence-electron chi connectivity index (χ3n) is 4.13. The Morgan fingerprint density at radius 1 is 1.22 bits per heavy atom. The van der Waals surface area contributed by atoms with Crippen molar-refractivity contribution in [3.8, 4) is 0 Å². The third-order valence-corrected chi connectivity index (χ3v) is 4.13. The van der Waals surface area contributed by atoms with Gasteiger partial charge in [0.05, 0.1) is 36.5 Å². The van der Waals surface area contributed by atoms with Crippen LogP contribution in [0.2, 0.25) is 0 Å². The highest BCUT2D eigenvalue weighted by Crippen LogP contribution is 2.19. The van der Waals surface area contributed by atoms with Crippen molar-refractivity contribution in [2.75, 3.05) is 13.2 Å². The predicted molar refractivity (Wildman–Crippen MR) is 91.9 cm³/mol. The van der Waals surface area contributed by atoms with E-state index in [1.165, 1.54) is 35.4 Å². The van der Waals surface area contributed by atoms with Crippen LogP contribution >= 0.6 is 0 Å². The standard InChI is InChI=1S/C17H18N4O6/c1-2-26-16(22)14-9-18-20-8-7-19(10-15(14)20)17(23)27-11-12-3-5-13(6-4-12)21(24)25/h3-6,9H,2,7-8,10-11H2,1H3. The molecule has 0 unspecified atom stereocenters. The van der Waals surface area contributed by atoms with Crippen molar-refractivity contribution in [2.45, 2.75) is 26.6 Å². The molecule has 0 N–H and O–H groups in total. The van der Waals surface area contributed by atoms with Crippen LogP contribution in [0.25, 0.3) is 0 Å². The molecule has 142 valence electrons. The lowest BCUT2D eigenvalue weighted by atomic mass is 10.2. The van der Waals surface area contributed by atoms with E-state index in [2.05, 4.69) is 5.10 Å². The summed E-state index contributed by atoms with van der Waals surface area (Å²) in [6.07, 6.45) is 0.912. The number of amides is 1. The Labute approximate surface area is 154 Å². The molecular weight excluding hydrogens is 356 g/mol. The van der Waals surface area contributed by atoms with Crippen molar-refractivity contribution in [2.24, 2.45) is 0 Å². The zero-order valence-electron chi connectivity index (χ0n) is 14.7. The smallest absolute Gasteiger partial charge is 0.410 e. The molecule has 0 fully saturated rings. The molecule has 1 aromatic carbocycles. The molecular formula is C17H18N4O6. The first-order valence-corrected chi connectivity index (χ1v) is 8.36. The van der Waals surface area contributed by atoms with Gasteiger partial charge < -0.3 is 14.4 Å². The molecule has 1 amide bonds. The second kappa shape index (κ2) is 7.85. The molecule has 2 heterocycles. The van der Waals surface area contributed by atoms with Crippen LogP contribution in [0.1, 0.15) is 28.5 Å². The summed E-state index contributed by atoms with van der Waals surface area (Å²) in [6, 6.07) is 5.79. The van der Waals surface area contributed by atoms with E-state index >= 15 is 0 Å². The fourth-order valence-corrected chi connectivity index (χ4v) is 2.73. The zero-order valence-corrected chi connectivity index (χ0v) is 14.7. The quantitative estimate of drug-likeness (QED) is 0.447. The maximum Gasteiger partial charge on any atom is 0.410 e. The molecule has 1 aromatic heterocycles. The van der Waals surface area contributed by atoms with Crippen LogP contribution in [0.3, 0.4) is 0 Å². The number of nitro benzene ring substituents is 1. The van der Waals surface area contributed by atoms with Crippen LogP contribution in [0.4, 0.5) is 10.5 Å². The molecule has 10 heteroatoms. The third kappa shape index (κ3) is 4.05. The molecule has 1 aliphatic heterocycles. The van der Waals surface area contributed by atoms with Gasteiger partial charge in [-0.05, 0) is 24.6 Å². The van der Waals surface area contributed by atoms with Gasteiger partial charge in [0.2, 0.25) is 0 Å². The number of non-ortho nitro benzene ring substituents is 1. The molecule has 0 saturated carbocycles. The fraction of sp³-hybridized carbons (Fsp3) is 0.353. The number of benzene rings is 1. The first kappa shape index (κ1) is 18.4. The molecule has 0 radical (unpaired) electrons. The minimum atomic E-state index is -0.532. The van der Waals surface area contributed by atoms with Gasteiger partial charge in [0.25, 0.3) is 5.69 Å². The molecule has 0 spiro atoms. The number of fused-ring (bicyclic) bond motifs is 1. The van der Waals surface area contributed by atoms with Crippen LogP contribution in [0, 0.1) is 10.1 Å². The normalized spacial score (nSPS) is 13.0. The van der Waals surface area contributed by atoms with Crippen molar-refractivity contribution in [3.63, 3.8) is 0 Å². The molecule has 1 aliphatic rings. The molecule has 0 aliphatic carbocycles. The summed E-state index contributed by atoms with van der Waals surface area (Å²) >= 11 is 0. The molecule has 27 heavy (non-hydrogen) atoms. The Kier molecular flexibility index (Phi) is 5.34. The SMILES string of the molecule is CCOC(=O)c1cnn2c1CN(C(=O)OCc1ccc([N+](=O)[O-])cc1)CC2. The number of hydrogen-bond acceptors (Lipinski definition) is 7. The number of carbonyl (C=O) groups is 2. The molecule has 10 nitrogen and oxygen atoms in total. The van der Waals surface area contributed by atoms with Crippen molar-refractivity contribution in [1.29, 1.82) is 0 Å².